The average molecular weight is 290 g/mol. The largest absolute Gasteiger partial charge is 0.309 e. The molecule has 17 heavy (non-hydrogen) atoms. The molecule has 4 heteroatoms. The van der Waals surface area contributed by atoms with Gasteiger partial charge < -0.3 is 5.32 Å². The van der Waals surface area contributed by atoms with Crippen LogP contribution in [0.25, 0.3) is 0 Å². The molecular formula is C13H17Cl2NS. The van der Waals surface area contributed by atoms with E-state index in [4.69, 9.17) is 23.2 Å². The second kappa shape index (κ2) is 5.00. The molecule has 2 rings (SSSR count). The second-order valence-electron chi connectivity index (χ2n) is 4.84. The zero-order valence-electron chi connectivity index (χ0n) is 10.3. The number of thioether (sulfide) groups is 1. The van der Waals surface area contributed by atoms with E-state index in [1.54, 1.807) is 0 Å². The molecule has 1 nitrogen and oxygen atoms in total. The highest BCUT2D eigenvalue weighted by Gasteiger charge is 2.37. The summed E-state index contributed by atoms with van der Waals surface area (Å²) < 4.78 is 0.164. The topological polar surface area (TPSA) is 12.0 Å². The van der Waals surface area contributed by atoms with E-state index in [2.05, 4.69) is 32.2 Å². The molecule has 1 N–H and O–H groups in total. The lowest BCUT2D eigenvalue weighted by atomic mass is 9.91. The third-order valence-electron chi connectivity index (χ3n) is 3.20. The van der Waals surface area contributed by atoms with E-state index in [0.29, 0.717) is 6.04 Å². The van der Waals surface area contributed by atoms with Gasteiger partial charge in [0.2, 0.25) is 0 Å². The lowest BCUT2D eigenvalue weighted by molar-refractivity contribution is 0.450. The fraction of sp³-hybridized carbons (Fsp3) is 0.538. The molecule has 0 spiro atoms. The van der Waals surface area contributed by atoms with Crippen LogP contribution in [0.3, 0.4) is 0 Å². The summed E-state index contributed by atoms with van der Waals surface area (Å²) in [6.07, 6.45) is 0. The molecular weight excluding hydrogens is 273 g/mol. The zero-order valence-corrected chi connectivity index (χ0v) is 12.6. The molecule has 0 saturated carbocycles. The molecule has 1 unspecified atom stereocenters. The monoisotopic (exact) mass is 289 g/mol. The maximum absolute atomic E-state index is 6.28. The van der Waals surface area contributed by atoms with E-state index in [1.165, 1.54) is 11.1 Å². The molecule has 0 bridgehead atoms. The van der Waals surface area contributed by atoms with Crippen LogP contribution in [-0.4, -0.2) is 11.3 Å². The smallest absolute Gasteiger partial charge is 0.0467 e. The van der Waals surface area contributed by atoms with Crippen molar-refractivity contribution < 1.29 is 0 Å². The molecule has 1 aromatic carbocycles. The molecule has 0 saturated heterocycles. The first kappa shape index (κ1) is 13.5. The van der Waals surface area contributed by atoms with Crippen LogP contribution in [0, 0.1) is 0 Å². The van der Waals surface area contributed by atoms with Gasteiger partial charge in [0.1, 0.15) is 0 Å². The zero-order chi connectivity index (χ0) is 12.6. The Morgan fingerprint density at radius 1 is 1.41 bits per heavy atom. The second-order valence-corrected chi connectivity index (χ2v) is 7.31. The highest BCUT2D eigenvalue weighted by molar-refractivity contribution is 8.00. The Kier molecular flexibility index (Phi) is 3.99. The van der Waals surface area contributed by atoms with Gasteiger partial charge in [0.25, 0.3) is 0 Å². The van der Waals surface area contributed by atoms with Gasteiger partial charge in [0.05, 0.1) is 0 Å². The molecule has 1 aliphatic rings. The molecule has 1 aliphatic heterocycles. The quantitative estimate of drug-likeness (QED) is 0.849. The summed E-state index contributed by atoms with van der Waals surface area (Å²) >= 11 is 14.3. The number of nitrogens with one attached hydrogen (secondary N) is 1. The number of benzene rings is 1. The SMILES string of the molecule is CCNC1c2cc(Cl)cc(Cl)c2CSC1(C)C. The van der Waals surface area contributed by atoms with Crippen LogP contribution in [0.15, 0.2) is 12.1 Å². The maximum atomic E-state index is 6.28. The Morgan fingerprint density at radius 2 is 2.12 bits per heavy atom. The van der Waals surface area contributed by atoms with Crippen molar-refractivity contribution >= 4 is 35.0 Å². The Morgan fingerprint density at radius 3 is 2.76 bits per heavy atom. The van der Waals surface area contributed by atoms with E-state index in [9.17, 15) is 0 Å². The van der Waals surface area contributed by atoms with Crippen molar-refractivity contribution in [3.63, 3.8) is 0 Å². The van der Waals surface area contributed by atoms with Crippen LogP contribution in [0.5, 0.6) is 0 Å². The number of fused-ring (bicyclic) bond motifs is 1. The van der Waals surface area contributed by atoms with Crippen molar-refractivity contribution in [2.45, 2.75) is 37.3 Å². The minimum absolute atomic E-state index is 0.164. The summed E-state index contributed by atoms with van der Waals surface area (Å²) in [6, 6.07) is 4.19. The molecule has 0 fully saturated rings. The number of hydrogen-bond donors (Lipinski definition) is 1. The fourth-order valence-corrected chi connectivity index (χ4v) is 4.18. The van der Waals surface area contributed by atoms with Gasteiger partial charge in [0, 0.05) is 26.6 Å². The van der Waals surface area contributed by atoms with Crippen LogP contribution in [0.2, 0.25) is 10.0 Å². The maximum Gasteiger partial charge on any atom is 0.0467 e. The van der Waals surface area contributed by atoms with E-state index in [0.717, 1.165) is 22.3 Å². The third-order valence-corrected chi connectivity index (χ3v) is 5.17. The normalized spacial score (nSPS) is 22.3. The molecule has 0 aromatic heterocycles. The summed E-state index contributed by atoms with van der Waals surface area (Å²) in [5, 5.41) is 5.06. The molecule has 0 aliphatic carbocycles. The van der Waals surface area contributed by atoms with Gasteiger partial charge in [-0.05, 0) is 43.7 Å². The summed E-state index contributed by atoms with van der Waals surface area (Å²) in [5.74, 6) is 0.959. The minimum Gasteiger partial charge on any atom is -0.309 e. The first-order valence-corrected chi connectivity index (χ1v) is 7.55. The van der Waals surface area contributed by atoms with Crippen molar-refractivity contribution in [2.24, 2.45) is 0 Å². The molecule has 94 valence electrons. The Bertz CT molecular complexity index is 432. The fourth-order valence-electron chi connectivity index (χ4n) is 2.31. The van der Waals surface area contributed by atoms with Gasteiger partial charge in [-0.25, -0.2) is 0 Å². The highest BCUT2D eigenvalue weighted by atomic mass is 35.5. The predicted molar refractivity (Wildman–Crippen MR) is 78.3 cm³/mol. The molecule has 0 radical (unpaired) electrons. The van der Waals surface area contributed by atoms with Crippen molar-refractivity contribution in [1.29, 1.82) is 0 Å². The third kappa shape index (κ3) is 2.60. The highest BCUT2D eigenvalue weighted by Crippen LogP contribution is 2.48. The number of hydrogen-bond acceptors (Lipinski definition) is 2. The van der Waals surface area contributed by atoms with Crippen LogP contribution < -0.4 is 5.32 Å². The average Bonchev–Trinajstić information content (AvgIpc) is 2.22. The van der Waals surface area contributed by atoms with E-state index in [1.807, 2.05) is 17.8 Å². The molecule has 1 heterocycles. The van der Waals surface area contributed by atoms with Crippen molar-refractivity contribution in [3.8, 4) is 0 Å². The van der Waals surface area contributed by atoms with Gasteiger partial charge in [-0.1, -0.05) is 30.1 Å². The lowest BCUT2D eigenvalue weighted by Crippen LogP contribution is -2.40. The van der Waals surface area contributed by atoms with Gasteiger partial charge in [0.15, 0.2) is 0 Å². The van der Waals surface area contributed by atoms with Crippen LogP contribution in [0.1, 0.15) is 37.9 Å². The van der Waals surface area contributed by atoms with E-state index >= 15 is 0 Å². The minimum atomic E-state index is 0.164. The number of halogens is 2. The first-order chi connectivity index (χ1) is 7.95. The predicted octanol–water partition coefficient (Wildman–Crippen LogP) is 4.67. The van der Waals surface area contributed by atoms with E-state index in [-0.39, 0.29) is 4.75 Å². The van der Waals surface area contributed by atoms with Gasteiger partial charge in [-0.2, -0.15) is 0 Å². The Balaban J connectivity index is 2.52. The summed E-state index contributed by atoms with van der Waals surface area (Å²) in [4.78, 5) is 0. The van der Waals surface area contributed by atoms with Crippen LogP contribution in [0.4, 0.5) is 0 Å². The van der Waals surface area contributed by atoms with E-state index < -0.39 is 0 Å². The van der Waals surface area contributed by atoms with Gasteiger partial charge in [-0.3, -0.25) is 0 Å². The molecule has 0 amide bonds. The Hall–Kier alpha value is 0.110. The van der Waals surface area contributed by atoms with Gasteiger partial charge in [-0.15, -0.1) is 11.8 Å². The summed E-state index contributed by atoms with van der Waals surface area (Å²) in [7, 11) is 0. The van der Waals surface area contributed by atoms with Crippen molar-refractivity contribution in [3.05, 3.63) is 33.3 Å². The lowest BCUT2D eigenvalue weighted by Gasteiger charge is -2.40. The summed E-state index contributed by atoms with van der Waals surface area (Å²) in [5.41, 5.74) is 2.49. The van der Waals surface area contributed by atoms with Crippen LogP contribution in [-0.2, 0) is 5.75 Å². The Labute approximate surface area is 117 Å². The van der Waals surface area contributed by atoms with Crippen LogP contribution >= 0.6 is 35.0 Å². The molecule has 1 atom stereocenters. The standard InChI is InChI=1S/C13H17Cl2NS/c1-4-16-12-9-5-8(14)6-11(15)10(9)7-17-13(12,2)3/h5-6,12,16H,4,7H2,1-3H3. The first-order valence-electron chi connectivity index (χ1n) is 5.81. The van der Waals surface area contributed by atoms with Gasteiger partial charge >= 0.3 is 0 Å². The number of rotatable bonds is 2. The molecule has 1 aromatic rings. The van der Waals surface area contributed by atoms with Crippen molar-refractivity contribution in [1.82, 2.24) is 5.32 Å². The van der Waals surface area contributed by atoms with Crippen molar-refractivity contribution in [2.75, 3.05) is 6.54 Å². The summed E-state index contributed by atoms with van der Waals surface area (Å²) in [6.45, 7) is 7.60.